The average Bonchev–Trinajstić information content (AvgIpc) is 2.65. The van der Waals surface area contributed by atoms with Gasteiger partial charge in [-0.1, -0.05) is 42.8 Å². The van der Waals surface area contributed by atoms with Crippen LogP contribution in [0.4, 0.5) is 5.69 Å². The summed E-state index contributed by atoms with van der Waals surface area (Å²) in [5, 5.41) is 3.00. The number of carbonyl (C=O) groups is 1. The van der Waals surface area contributed by atoms with Crippen molar-refractivity contribution < 1.29 is 9.53 Å². The number of benzene rings is 2. The van der Waals surface area contributed by atoms with Crippen molar-refractivity contribution in [3.63, 3.8) is 0 Å². The van der Waals surface area contributed by atoms with Crippen molar-refractivity contribution in [3.05, 3.63) is 59.7 Å². The quantitative estimate of drug-likeness (QED) is 0.689. The third kappa shape index (κ3) is 5.80. The number of nitrogens with one attached hydrogen (secondary N) is 1. The zero-order valence-electron chi connectivity index (χ0n) is 16.3. The van der Waals surface area contributed by atoms with Gasteiger partial charge in [0.25, 0.3) is 5.91 Å². The highest BCUT2D eigenvalue weighted by Crippen LogP contribution is 2.21. The lowest BCUT2D eigenvalue weighted by Crippen LogP contribution is -2.39. The Morgan fingerprint density at radius 1 is 1.15 bits per heavy atom. The van der Waals surface area contributed by atoms with Crippen LogP contribution in [0, 0.1) is 13.8 Å². The van der Waals surface area contributed by atoms with Crippen LogP contribution in [0.5, 0.6) is 5.75 Å². The van der Waals surface area contributed by atoms with Gasteiger partial charge in [-0.05, 0) is 50.5 Å². The molecule has 0 aliphatic carbocycles. The predicted octanol–water partition coefficient (Wildman–Crippen LogP) is 4.10. The molecule has 0 radical (unpaired) electrons. The fraction of sp³-hybridized carbons (Fsp3) is 0.409. The first-order valence-corrected chi connectivity index (χ1v) is 9.29. The summed E-state index contributed by atoms with van der Waals surface area (Å²) in [5.74, 6) is 0.733. The molecule has 0 bridgehead atoms. The summed E-state index contributed by atoms with van der Waals surface area (Å²) in [6.45, 7) is 7.55. The lowest BCUT2D eigenvalue weighted by atomic mass is 10.1. The Hall–Kier alpha value is -2.49. The van der Waals surface area contributed by atoms with E-state index in [1.54, 1.807) is 0 Å². The van der Waals surface area contributed by atoms with Crippen LogP contribution in [-0.2, 0) is 4.79 Å². The smallest absolute Gasteiger partial charge is 0.261 e. The van der Waals surface area contributed by atoms with Gasteiger partial charge in [-0.2, -0.15) is 0 Å². The number of nitrogens with zero attached hydrogens (tertiary/aromatic N) is 1. The van der Waals surface area contributed by atoms with Crippen LogP contribution in [-0.4, -0.2) is 32.1 Å². The second-order valence-electron chi connectivity index (χ2n) is 6.69. The molecular weight excluding hydrogens is 324 g/mol. The van der Waals surface area contributed by atoms with Crippen LogP contribution >= 0.6 is 0 Å². The van der Waals surface area contributed by atoms with E-state index in [1.807, 2.05) is 51.1 Å². The Kier molecular flexibility index (Phi) is 7.52. The molecule has 0 aliphatic heterocycles. The van der Waals surface area contributed by atoms with Crippen molar-refractivity contribution in [1.29, 1.82) is 0 Å². The van der Waals surface area contributed by atoms with Gasteiger partial charge >= 0.3 is 0 Å². The largest absolute Gasteiger partial charge is 0.480 e. The predicted molar refractivity (Wildman–Crippen MR) is 108 cm³/mol. The standard InChI is InChI=1S/C22H30N2O2/c1-5-20(26-21-13-12-17(2)16-18(21)3)22(25)23-14-9-15-24(4)19-10-7-6-8-11-19/h6-8,10-13,16,20H,5,9,14-15H2,1-4H3,(H,23,25)/t20-/m0/s1. The first kappa shape index (κ1) is 19.8. The average molecular weight is 354 g/mol. The third-order valence-electron chi connectivity index (χ3n) is 4.43. The molecule has 0 aliphatic rings. The molecule has 2 aromatic rings. The minimum Gasteiger partial charge on any atom is -0.480 e. The molecule has 140 valence electrons. The maximum Gasteiger partial charge on any atom is 0.261 e. The van der Waals surface area contributed by atoms with E-state index in [0.717, 1.165) is 24.3 Å². The Balaban J connectivity index is 1.78. The molecule has 0 saturated carbocycles. The molecule has 0 spiro atoms. The lowest BCUT2D eigenvalue weighted by Gasteiger charge is -2.21. The summed E-state index contributed by atoms with van der Waals surface area (Å²) in [6, 6.07) is 16.3. The number of hydrogen-bond donors (Lipinski definition) is 1. The first-order chi connectivity index (χ1) is 12.5. The van der Waals surface area contributed by atoms with Crippen molar-refractivity contribution in [1.82, 2.24) is 5.32 Å². The molecule has 0 unspecified atom stereocenters. The number of hydrogen-bond acceptors (Lipinski definition) is 3. The van der Waals surface area contributed by atoms with Crippen molar-refractivity contribution in [2.24, 2.45) is 0 Å². The topological polar surface area (TPSA) is 41.6 Å². The Morgan fingerprint density at radius 2 is 1.88 bits per heavy atom. The Labute approximate surface area is 157 Å². The number of rotatable bonds is 9. The molecule has 0 heterocycles. The van der Waals surface area contributed by atoms with Crippen molar-refractivity contribution >= 4 is 11.6 Å². The van der Waals surface area contributed by atoms with Gasteiger partial charge < -0.3 is 15.0 Å². The van der Waals surface area contributed by atoms with Gasteiger partial charge in [0.15, 0.2) is 6.10 Å². The number of ether oxygens (including phenoxy) is 1. The maximum absolute atomic E-state index is 12.4. The first-order valence-electron chi connectivity index (χ1n) is 9.29. The van der Waals surface area contributed by atoms with Gasteiger partial charge in [0.2, 0.25) is 0 Å². The minimum atomic E-state index is -0.455. The highest BCUT2D eigenvalue weighted by molar-refractivity contribution is 5.81. The van der Waals surface area contributed by atoms with E-state index in [-0.39, 0.29) is 5.91 Å². The van der Waals surface area contributed by atoms with E-state index >= 15 is 0 Å². The molecule has 0 aromatic heterocycles. The van der Waals surface area contributed by atoms with Crippen molar-refractivity contribution in [3.8, 4) is 5.75 Å². The monoisotopic (exact) mass is 354 g/mol. The Bertz CT molecular complexity index is 701. The van der Waals surface area contributed by atoms with Crippen LogP contribution in [0.2, 0.25) is 0 Å². The molecule has 0 fully saturated rings. The summed E-state index contributed by atoms with van der Waals surface area (Å²) in [4.78, 5) is 14.6. The van der Waals surface area contributed by atoms with Gasteiger partial charge in [-0.25, -0.2) is 0 Å². The van der Waals surface area contributed by atoms with Crippen molar-refractivity contribution in [2.45, 2.75) is 39.7 Å². The summed E-state index contributed by atoms with van der Waals surface area (Å²) in [7, 11) is 2.06. The summed E-state index contributed by atoms with van der Waals surface area (Å²) in [6.07, 6.45) is 1.07. The fourth-order valence-corrected chi connectivity index (χ4v) is 2.86. The van der Waals surface area contributed by atoms with Crippen LogP contribution in [0.25, 0.3) is 0 Å². The van der Waals surface area contributed by atoms with Crippen molar-refractivity contribution in [2.75, 3.05) is 25.0 Å². The van der Waals surface area contributed by atoms with Gasteiger partial charge in [0, 0.05) is 25.8 Å². The molecule has 1 amide bonds. The van der Waals surface area contributed by atoms with Gasteiger partial charge in [-0.3, -0.25) is 4.79 Å². The van der Waals surface area contributed by atoms with Crippen LogP contribution in [0.3, 0.4) is 0 Å². The number of carbonyl (C=O) groups excluding carboxylic acids is 1. The molecule has 2 rings (SSSR count). The second kappa shape index (κ2) is 9.85. The molecule has 1 atom stereocenters. The molecule has 4 nitrogen and oxygen atoms in total. The minimum absolute atomic E-state index is 0.0464. The number of anilines is 1. The van der Waals surface area contributed by atoms with E-state index < -0.39 is 6.10 Å². The normalized spacial score (nSPS) is 11.7. The van der Waals surface area contributed by atoms with E-state index in [1.165, 1.54) is 11.3 Å². The van der Waals surface area contributed by atoms with Crippen LogP contribution in [0.15, 0.2) is 48.5 Å². The van der Waals surface area contributed by atoms with E-state index in [4.69, 9.17) is 4.74 Å². The Morgan fingerprint density at radius 3 is 2.54 bits per heavy atom. The van der Waals surface area contributed by atoms with E-state index in [0.29, 0.717) is 13.0 Å². The van der Waals surface area contributed by atoms with Gasteiger partial charge in [-0.15, -0.1) is 0 Å². The zero-order valence-corrected chi connectivity index (χ0v) is 16.3. The van der Waals surface area contributed by atoms with Gasteiger partial charge in [0.05, 0.1) is 0 Å². The highest BCUT2D eigenvalue weighted by Gasteiger charge is 2.18. The molecular formula is C22H30N2O2. The van der Waals surface area contributed by atoms with E-state index in [2.05, 4.69) is 35.5 Å². The molecule has 4 heteroatoms. The van der Waals surface area contributed by atoms with Crippen LogP contribution < -0.4 is 15.0 Å². The zero-order chi connectivity index (χ0) is 18.9. The number of aryl methyl sites for hydroxylation is 2. The molecule has 0 saturated heterocycles. The second-order valence-corrected chi connectivity index (χ2v) is 6.69. The van der Waals surface area contributed by atoms with E-state index in [9.17, 15) is 4.79 Å². The molecule has 1 N–H and O–H groups in total. The summed E-state index contributed by atoms with van der Waals surface area (Å²) < 4.78 is 5.94. The maximum atomic E-state index is 12.4. The summed E-state index contributed by atoms with van der Waals surface area (Å²) in [5.41, 5.74) is 3.43. The summed E-state index contributed by atoms with van der Waals surface area (Å²) >= 11 is 0. The van der Waals surface area contributed by atoms with Gasteiger partial charge in [0.1, 0.15) is 5.75 Å². The molecule has 2 aromatic carbocycles. The highest BCUT2D eigenvalue weighted by atomic mass is 16.5. The number of amides is 1. The van der Waals surface area contributed by atoms with Crippen LogP contribution in [0.1, 0.15) is 30.9 Å². The number of para-hydroxylation sites is 1. The molecule has 26 heavy (non-hydrogen) atoms. The lowest BCUT2D eigenvalue weighted by molar-refractivity contribution is -0.128. The SMILES string of the molecule is CC[C@H](Oc1ccc(C)cc1C)C(=O)NCCCN(C)c1ccccc1. The third-order valence-corrected chi connectivity index (χ3v) is 4.43. The fourth-order valence-electron chi connectivity index (χ4n) is 2.86.